The molecular weight excluding hydrogens is 619 g/mol. The zero-order chi connectivity index (χ0) is 33.1. The molecule has 15 heteroatoms. The lowest BCUT2D eigenvalue weighted by molar-refractivity contribution is -0.376. The van der Waals surface area contributed by atoms with Crippen LogP contribution in [-0.2, 0) is 26.8 Å². The molecule has 2 N–H and O–H groups in total. The van der Waals surface area contributed by atoms with Crippen LogP contribution < -0.4 is 9.62 Å². The Kier molecular flexibility index (Phi) is 10.3. The van der Waals surface area contributed by atoms with E-state index in [1.807, 2.05) is 4.90 Å². The third-order valence-electron chi connectivity index (χ3n) is 8.06. The number of aliphatic hydroxyl groups is 1. The number of likely N-dealkylation sites (tertiary alicyclic amines) is 1. The zero-order valence-electron chi connectivity index (χ0n) is 23.7. The Bertz CT molecular complexity index is 1430. The highest BCUT2D eigenvalue weighted by atomic mass is 32.2. The number of halogens is 7. The van der Waals surface area contributed by atoms with Crippen LogP contribution in [-0.4, -0.2) is 69.4 Å². The van der Waals surface area contributed by atoms with Gasteiger partial charge in [0.05, 0.1) is 10.6 Å². The van der Waals surface area contributed by atoms with Crippen molar-refractivity contribution in [1.82, 2.24) is 10.2 Å². The molecule has 0 bridgehead atoms. The first-order chi connectivity index (χ1) is 20.4. The smallest absolute Gasteiger partial charge is 0.369 e. The van der Waals surface area contributed by atoms with Crippen LogP contribution >= 0.6 is 0 Å². The van der Waals surface area contributed by atoms with Gasteiger partial charge in [-0.25, -0.2) is 12.8 Å². The summed E-state index contributed by atoms with van der Waals surface area (Å²) in [5.41, 5.74) is -6.21. The lowest BCUT2D eigenvalue weighted by Crippen LogP contribution is -2.58. The van der Waals surface area contributed by atoms with Crippen molar-refractivity contribution in [2.45, 2.75) is 55.5 Å². The average molecular weight is 652 g/mol. The topological polar surface area (TPSA) is 90.0 Å². The molecule has 2 aromatic carbocycles. The van der Waals surface area contributed by atoms with Gasteiger partial charge in [-0.2, -0.15) is 26.3 Å². The van der Waals surface area contributed by atoms with Gasteiger partial charge in [0.25, 0.3) is 15.6 Å². The molecule has 3 aliphatic rings. The second-order valence-corrected chi connectivity index (χ2v) is 12.7. The number of benzene rings is 2. The van der Waals surface area contributed by atoms with Gasteiger partial charge in [-0.3, -0.25) is 9.10 Å². The van der Waals surface area contributed by atoms with Gasteiger partial charge in [0, 0.05) is 45.2 Å². The summed E-state index contributed by atoms with van der Waals surface area (Å²) in [6, 6.07) is 5.54. The normalized spacial score (nSPS) is 18.2. The number of fused-ring (bicyclic) bond motifs is 1. The lowest BCUT2D eigenvalue weighted by atomic mass is 9.73. The molecule has 0 unspecified atom stereocenters. The number of nitrogens with zero attached hydrogens (tertiary/aromatic N) is 2. The molecule has 0 saturated carbocycles. The maximum absolute atomic E-state index is 13.1. The number of amides is 1. The van der Waals surface area contributed by atoms with Gasteiger partial charge in [-0.05, 0) is 67.0 Å². The fourth-order valence-electron chi connectivity index (χ4n) is 5.39. The van der Waals surface area contributed by atoms with Crippen molar-refractivity contribution in [3.8, 4) is 12.8 Å². The first-order valence-corrected chi connectivity index (χ1v) is 14.9. The molecule has 7 nitrogen and oxygen atoms in total. The minimum Gasteiger partial charge on any atom is -0.369 e. The molecule has 5 rings (SSSR count). The second-order valence-electron chi connectivity index (χ2n) is 10.8. The van der Waals surface area contributed by atoms with Gasteiger partial charge in [0.1, 0.15) is 5.82 Å². The van der Waals surface area contributed by atoms with E-state index in [0.717, 1.165) is 47.7 Å². The number of carbonyl (C=O) groups is 1. The van der Waals surface area contributed by atoms with Crippen molar-refractivity contribution in [2.24, 2.45) is 5.41 Å². The number of sulfonamides is 1. The average Bonchev–Trinajstić information content (AvgIpc) is 2.95. The molecule has 0 aliphatic carbocycles. The maximum Gasteiger partial charge on any atom is 0.430 e. The second kappa shape index (κ2) is 12.9. The van der Waals surface area contributed by atoms with Crippen LogP contribution in [0.1, 0.15) is 37.3 Å². The first-order valence-electron chi connectivity index (χ1n) is 13.5. The van der Waals surface area contributed by atoms with Gasteiger partial charge in [-0.1, -0.05) is 12.1 Å². The molecule has 3 heterocycles. The van der Waals surface area contributed by atoms with Gasteiger partial charge >= 0.3 is 12.4 Å². The number of hydrogen-bond acceptors (Lipinski definition) is 5. The third kappa shape index (κ3) is 6.82. The summed E-state index contributed by atoms with van der Waals surface area (Å²) in [5.74, 6) is -0.451. The van der Waals surface area contributed by atoms with E-state index in [0.29, 0.717) is 17.5 Å². The highest BCUT2D eigenvalue weighted by Gasteiger charge is 2.71. The summed E-state index contributed by atoms with van der Waals surface area (Å²) >= 11 is 0. The van der Waals surface area contributed by atoms with E-state index < -0.39 is 39.4 Å². The van der Waals surface area contributed by atoms with Crippen molar-refractivity contribution in [2.75, 3.05) is 37.0 Å². The van der Waals surface area contributed by atoms with Crippen LogP contribution in [0.3, 0.4) is 0 Å². The SMILES string of the molecule is C#C.CC(=O)N1CCC2(CC1)CNC2.O=S(=O)(c1ccc(F)cc1)N1CCCc2cc(C(O)(C(F)(F)F)C(F)(F)F)ccc21. The predicted molar refractivity (Wildman–Crippen MR) is 148 cm³/mol. The number of anilines is 1. The Morgan fingerprint density at radius 2 is 1.48 bits per heavy atom. The minimum absolute atomic E-state index is 0.00437. The van der Waals surface area contributed by atoms with Gasteiger partial charge in [0.2, 0.25) is 5.91 Å². The van der Waals surface area contributed by atoms with E-state index in [2.05, 4.69) is 18.2 Å². The van der Waals surface area contributed by atoms with Crippen LogP contribution in [0.15, 0.2) is 47.4 Å². The van der Waals surface area contributed by atoms with E-state index in [4.69, 9.17) is 0 Å². The number of aryl methyl sites for hydroxylation is 1. The first kappa shape index (κ1) is 35.1. The highest BCUT2D eigenvalue weighted by molar-refractivity contribution is 7.92. The van der Waals surface area contributed by atoms with Crippen molar-refractivity contribution in [1.29, 1.82) is 0 Å². The fraction of sp³-hybridized carbons (Fsp3) is 0.483. The number of alkyl halides is 6. The molecule has 0 radical (unpaired) electrons. The van der Waals surface area contributed by atoms with E-state index in [9.17, 15) is 49.1 Å². The fourth-order valence-corrected chi connectivity index (χ4v) is 6.93. The van der Waals surface area contributed by atoms with E-state index in [1.54, 1.807) is 6.92 Å². The van der Waals surface area contributed by atoms with Crippen molar-refractivity contribution in [3.63, 3.8) is 0 Å². The van der Waals surface area contributed by atoms with E-state index in [-0.39, 0.29) is 41.4 Å². The molecule has 2 aromatic rings. The van der Waals surface area contributed by atoms with Crippen LogP contribution in [0.5, 0.6) is 0 Å². The standard InChI is InChI=1S/C18H14F7NO3S.C9H16N2O.C2H2/c19-13-4-6-14(7-5-13)30(28,29)26-9-1-2-11-10-12(3-8-15(11)26)16(27,17(20,21)22)18(23,24)25;1-8(12)11-4-2-9(3-5-11)6-10-7-9;1-2/h3-8,10,27H,1-2,9H2;10H,2-7H2,1H3;1-2H. The molecule has 2 fully saturated rings. The molecular formula is C29H32F7N3O4S. The molecule has 44 heavy (non-hydrogen) atoms. The number of terminal acetylenes is 1. The monoisotopic (exact) mass is 651 g/mol. The Hall–Kier alpha value is -3.35. The highest BCUT2D eigenvalue weighted by Crippen LogP contribution is 2.51. The summed E-state index contributed by atoms with van der Waals surface area (Å²) < 4.78 is 118. The summed E-state index contributed by atoms with van der Waals surface area (Å²) in [6.45, 7) is 5.86. The number of nitrogens with one attached hydrogen (secondary N) is 1. The lowest BCUT2D eigenvalue weighted by Gasteiger charge is -2.48. The molecule has 1 amide bonds. The number of rotatable bonds is 3. The Balaban J connectivity index is 0.000000312. The van der Waals surface area contributed by atoms with Crippen molar-refractivity contribution >= 4 is 21.6 Å². The third-order valence-corrected chi connectivity index (χ3v) is 9.89. The van der Waals surface area contributed by atoms with Crippen LogP contribution in [0, 0.1) is 24.1 Å². The van der Waals surface area contributed by atoms with Gasteiger partial charge in [-0.15, -0.1) is 12.8 Å². The molecule has 3 aliphatic heterocycles. The Morgan fingerprint density at radius 3 is 1.93 bits per heavy atom. The maximum atomic E-state index is 13.1. The molecule has 242 valence electrons. The van der Waals surface area contributed by atoms with Crippen molar-refractivity contribution < 1.29 is 49.1 Å². The summed E-state index contributed by atoms with van der Waals surface area (Å²) in [4.78, 5) is 12.7. The molecule has 0 aromatic heterocycles. The molecule has 0 atom stereocenters. The van der Waals surface area contributed by atoms with Crippen LogP contribution in [0.4, 0.5) is 36.4 Å². The summed E-state index contributed by atoms with van der Waals surface area (Å²) in [6.07, 6.45) is -1.58. The van der Waals surface area contributed by atoms with Gasteiger partial charge < -0.3 is 15.3 Å². The number of hydrogen-bond donors (Lipinski definition) is 2. The summed E-state index contributed by atoms with van der Waals surface area (Å²) in [7, 11) is -4.24. The van der Waals surface area contributed by atoms with Crippen LogP contribution in [0.25, 0.3) is 0 Å². The zero-order valence-corrected chi connectivity index (χ0v) is 24.5. The molecule has 2 saturated heterocycles. The quantitative estimate of drug-likeness (QED) is 0.370. The summed E-state index contributed by atoms with van der Waals surface area (Å²) in [5, 5.41) is 12.9. The Morgan fingerprint density at radius 1 is 0.932 bits per heavy atom. The van der Waals surface area contributed by atoms with E-state index in [1.165, 1.54) is 25.9 Å². The molecule has 1 spiro atoms. The number of piperidine rings is 1. The minimum atomic E-state index is -6.05. The van der Waals surface area contributed by atoms with E-state index >= 15 is 0 Å². The number of carbonyl (C=O) groups excluding carboxylic acids is 1. The van der Waals surface area contributed by atoms with Crippen LogP contribution in [0.2, 0.25) is 0 Å². The van der Waals surface area contributed by atoms with Gasteiger partial charge in [0.15, 0.2) is 0 Å². The van der Waals surface area contributed by atoms with Crippen molar-refractivity contribution in [3.05, 3.63) is 59.4 Å². The largest absolute Gasteiger partial charge is 0.430 e. The Labute approximate surface area is 251 Å². The predicted octanol–water partition coefficient (Wildman–Crippen LogP) is 4.75.